The van der Waals surface area contributed by atoms with Crippen LogP contribution in [0.2, 0.25) is 0 Å². The fraction of sp³-hybridized carbons (Fsp3) is 0.879. The molecule has 0 aromatic heterocycles. The van der Waals surface area contributed by atoms with Crippen molar-refractivity contribution in [1.82, 2.24) is 0 Å². The lowest BCUT2D eigenvalue weighted by Crippen LogP contribution is -2.31. The zero-order valence-corrected chi connectivity index (χ0v) is 21.4. The third kappa shape index (κ3) is 3.74. The molecule has 0 aromatic rings. The van der Waals surface area contributed by atoms with E-state index < -0.39 is 0 Å². The van der Waals surface area contributed by atoms with Gasteiger partial charge >= 0.3 is 0 Å². The van der Waals surface area contributed by atoms with Gasteiger partial charge in [-0.3, -0.25) is 0 Å². The predicted octanol–water partition coefficient (Wildman–Crippen LogP) is 9.65. The standard InChI is InChI=1S/C33H50/c1-6-30-31(7-1)33-19-3-5-26-12-13-28(26)15-17-29-16-14-27(29)11-10-25-9-8-24(22-25)4-2-18-32(30,23-33)20-21-33/h1,6-7,24-29,31H,2-5,8-23H2/t24-,25?,26?,27?,28?,29?,31?,32?,33?/m1/s1. The van der Waals surface area contributed by atoms with Gasteiger partial charge in [0.2, 0.25) is 0 Å². The molecule has 0 heterocycles. The van der Waals surface area contributed by atoms with Crippen molar-refractivity contribution in [3.05, 3.63) is 23.8 Å². The van der Waals surface area contributed by atoms with Crippen LogP contribution in [0.25, 0.3) is 0 Å². The minimum Gasteiger partial charge on any atom is -0.0768 e. The van der Waals surface area contributed by atoms with Gasteiger partial charge in [0.1, 0.15) is 0 Å². The van der Waals surface area contributed by atoms with Crippen LogP contribution in [0.5, 0.6) is 0 Å². The van der Waals surface area contributed by atoms with Crippen molar-refractivity contribution in [3.8, 4) is 0 Å². The summed E-state index contributed by atoms with van der Waals surface area (Å²) in [7, 11) is 0. The lowest BCUT2D eigenvalue weighted by atomic mass is 9.63. The zero-order chi connectivity index (χ0) is 21.9. The molecule has 0 spiro atoms. The minimum absolute atomic E-state index is 0.616. The Labute approximate surface area is 204 Å². The Morgan fingerprint density at radius 2 is 1.18 bits per heavy atom. The second-order valence-electron chi connectivity index (χ2n) is 14.5. The van der Waals surface area contributed by atoms with E-state index in [9.17, 15) is 0 Å². The molecule has 7 aliphatic rings. The highest BCUT2D eigenvalue weighted by Crippen LogP contribution is 2.72. The van der Waals surface area contributed by atoms with Crippen LogP contribution in [0.1, 0.15) is 128 Å². The molecule has 0 nitrogen and oxygen atoms in total. The molecular formula is C33H50. The highest BCUT2D eigenvalue weighted by molar-refractivity contribution is 5.42. The number of hydrogen-bond acceptors (Lipinski definition) is 0. The molecule has 0 radical (unpaired) electrons. The number of allylic oxidation sites excluding steroid dienone is 4. The third-order valence-corrected chi connectivity index (χ3v) is 13.1. The fourth-order valence-electron chi connectivity index (χ4n) is 10.9. The van der Waals surface area contributed by atoms with Crippen molar-refractivity contribution in [3.63, 3.8) is 0 Å². The molecule has 8 unspecified atom stereocenters. The maximum atomic E-state index is 2.63. The first-order valence-electron chi connectivity index (χ1n) is 15.6. The van der Waals surface area contributed by atoms with Crippen LogP contribution in [0, 0.1) is 52.3 Å². The van der Waals surface area contributed by atoms with E-state index >= 15 is 0 Å². The summed E-state index contributed by atoms with van der Waals surface area (Å²) in [6.45, 7) is 0. The van der Waals surface area contributed by atoms with Gasteiger partial charge in [0.05, 0.1) is 0 Å². The highest BCUT2D eigenvalue weighted by Gasteiger charge is 2.61. The molecule has 0 N–H and O–H groups in total. The smallest absolute Gasteiger partial charge is 0.00454 e. The number of fused-ring (bicyclic) bond motifs is 5. The van der Waals surface area contributed by atoms with E-state index in [4.69, 9.17) is 0 Å². The first-order valence-corrected chi connectivity index (χ1v) is 15.6. The Hall–Kier alpha value is -0.520. The van der Waals surface area contributed by atoms with E-state index in [1.807, 2.05) is 5.57 Å². The van der Waals surface area contributed by atoms with Gasteiger partial charge in [-0.2, -0.15) is 0 Å². The van der Waals surface area contributed by atoms with Gasteiger partial charge in [-0.25, -0.2) is 0 Å². The van der Waals surface area contributed by atoms with E-state index in [0.717, 1.165) is 41.4 Å². The Balaban J connectivity index is 1.05. The van der Waals surface area contributed by atoms with Gasteiger partial charge in [0, 0.05) is 5.92 Å². The molecule has 6 fully saturated rings. The summed E-state index contributed by atoms with van der Waals surface area (Å²) >= 11 is 0. The van der Waals surface area contributed by atoms with E-state index in [2.05, 4.69) is 18.2 Å². The first-order chi connectivity index (χ1) is 16.2. The SMILES string of the molecule is C1=CC2C(=C1)C13CCC[C@@H]4CCC(CCC5CCC5CCC5CCC5CCCC2(CC1)C3)C4. The Morgan fingerprint density at radius 3 is 1.94 bits per heavy atom. The van der Waals surface area contributed by atoms with Gasteiger partial charge in [0.15, 0.2) is 0 Å². The first kappa shape index (κ1) is 21.7. The molecule has 0 aliphatic heterocycles. The Morgan fingerprint density at radius 1 is 0.576 bits per heavy atom. The van der Waals surface area contributed by atoms with Crippen LogP contribution in [0.3, 0.4) is 0 Å². The Bertz CT molecular complexity index is 788. The van der Waals surface area contributed by atoms with Crippen LogP contribution >= 0.6 is 0 Å². The molecular weight excluding hydrogens is 396 g/mol. The van der Waals surface area contributed by atoms with Gasteiger partial charge in [-0.1, -0.05) is 68.7 Å². The largest absolute Gasteiger partial charge is 0.0768 e. The summed E-state index contributed by atoms with van der Waals surface area (Å²) in [4.78, 5) is 0. The second-order valence-corrected chi connectivity index (χ2v) is 14.5. The maximum absolute atomic E-state index is 2.63. The van der Waals surface area contributed by atoms with Crippen LogP contribution in [0.15, 0.2) is 23.8 Å². The minimum atomic E-state index is 0.616. The molecule has 182 valence electrons. The monoisotopic (exact) mass is 446 g/mol. The Kier molecular flexibility index (Phi) is 5.63. The highest BCUT2D eigenvalue weighted by atomic mass is 14.6. The molecule has 0 amide bonds. The predicted molar refractivity (Wildman–Crippen MR) is 139 cm³/mol. The van der Waals surface area contributed by atoms with Crippen LogP contribution in [-0.2, 0) is 0 Å². The lowest BCUT2D eigenvalue weighted by molar-refractivity contribution is 0.0923. The molecule has 9 atom stereocenters. The molecule has 6 saturated carbocycles. The lowest BCUT2D eigenvalue weighted by Gasteiger charge is -2.42. The average Bonchev–Trinajstić information content (AvgIpc) is 3.54. The molecule has 7 aliphatic carbocycles. The van der Waals surface area contributed by atoms with Gasteiger partial charge < -0.3 is 0 Å². The maximum Gasteiger partial charge on any atom is 0.00454 e. The molecule has 4 bridgehead atoms. The number of hydrogen-bond donors (Lipinski definition) is 0. The van der Waals surface area contributed by atoms with Crippen molar-refractivity contribution < 1.29 is 0 Å². The van der Waals surface area contributed by atoms with E-state index in [1.54, 1.807) is 103 Å². The van der Waals surface area contributed by atoms with Gasteiger partial charge in [0.25, 0.3) is 0 Å². The normalized spacial score (nSPS) is 51.6. The molecule has 33 heavy (non-hydrogen) atoms. The van der Waals surface area contributed by atoms with E-state index in [1.165, 1.54) is 25.7 Å². The summed E-state index contributed by atoms with van der Waals surface area (Å²) in [6.07, 6.45) is 38.9. The second kappa shape index (κ2) is 8.55. The summed E-state index contributed by atoms with van der Waals surface area (Å²) in [5.74, 6) is 7.46. The molecule has 0 heteroatoms. The van der Waals surface area contributed by atoms with Crippen molar-refractivity contribution in [1.29, 1.82) is 0 Å². The average molecular weight is 447 g/mol. The quantitative estimate of drug-likeness (QED) is 0.347. The van der Waals surface area contributed by atoms with Crippen molar-refractivity contribution in [2.45, 2.75) is 128 Å². The van der Waals surface area contributed by atoms with E-state index in [0.29, 0.717) is 10.8 Å². The molecule has 7 rings (SSSR count). The summed E-state index contributed by atoms with van der Waals surface area (Å²) in [5, 5.41) is 0. The summed E-state index contributed by atoms with van der Waals surface area (Å²) < 4.78 is 0. The van der Waals surface area contributed by atoms with Crippen molar-refractivity contribution in [2.75, 3.05) is 0 Å². The van der Waals surface area contributed by atoms with Gasteiger partial charge in [-0.15, -0.1) is 0 Å². The van der Waals surface area contributed by atoms with Crippen LogP contribution in [0.4, 0.5) is 0 Å². The third-order valence-electron chi connectivity index (χ3n) is 13.1. The summed E-state index contributed by atoms with van der Waals surface area (Å²) in [5.41, 5.74) is 3.18. The topological polar surface area (TPSA) is 0 Å². The number of rotatable bonds is 0. The van der Waals surface area contributed by atoms with E-state index in [-0.39, 0.29) is 0 Å². The van der Waals surface area contributed by atoms with Gasteiger partial charge in [-0.05, 0) is 130 Å². The molecule has 0 aromatic carbocycles. The van der Waals surface area contributed by atoms with Crippen LogP contribution in [-0.4, -0.2) is 0 Å². The molecule has 0 saturated heterocycles. The van der Waals surface area contributed by atoms with Crippen LogP contribution < -0.4 is 0 Å². The van der Waals surface area contributed by atoms with Crippen molar-refractivity contribution in [2.24, 2.45) is 52.3 Å². The zero-order valence-electron chi connectivity index (χ0n) is 21.4. The fourth-order valence-corrected chi connectivity index (χ4v) is 10.9. The summed E-state index contributed by atoms with van der Waals surface area (Å²) in [6, 6.07) is 0. The van der Waals surface area contributed by atoms with Crippen molar-refractivity contribution >= 4 is 0 Å².